The molecule has 136 valence electrons. The molecule has 2 aromatic heterocycles. The largest absolute Gasteiger partial charge is 0.394 e. The molecule has 11 nitrogen and oxygen atoms in total. The van der Waals surface area contributed by atoms with Gasteiger partial charge in [-0.15, -0.1) is 5.11 Å². The van der Waals surface area contributed by atoms with E-state index < -0.39 is 31.1 Å². The zero-order valence-electron chi connectivity index (χ0n) is 13.7. The molecule has 0 bridgehead atoms. The number of anilines is 1. The quantitative estimate of drug-likeness (QED) is 0.414. The molecule has 1 unspecified atom stereocenters. The molecular weight excluding hydrogens is 330 g/mol. The predicted octanol–water partition coefficient (Wildman–Crippen LogP) is -0.0962. The Kier molecular flexibility index (Phi) is 5.18. The first kappa shape index (κ1) is 17.6. The summed E-state index contributed by atoms with van der Waals surface area (Å²) in [5.41, 5.74) is 6.52. The number of aliphatic hydroxyl groups excluding tert-OH is 3. The van der Waals surface area contributed by atoms with E-state index in [1.165, 1.54) is 10.9 Å². The highest BCUT2D eigenvalue weighted by atomic mass is 16.6. The average Bonchev–Trinajstić information content (AvgIpc) is 3.14. The molecule has 0 aliphatic carbocycles. The van der Waals surface area contributed by atoms with Crippen molar-refractivity contribution in [3.8, 4) is 0 Å². The number of hydrogen-bond donors (Lipinski definition) is 4. The Balaban J connectivity index is 1.94. The lowest BCUT2D eigenvalue weighted by Crippen LogP contribution is -2.33. The van der Waals surface area contributed by atoms with E-state index >= 15 is 0 Å². The molecule has 0 saturated carbocycles. The van der Waals surface area contributed by atoms with E-state index in [4.69, 9.17) is 10.5 Å². The molecule has 1 aliphatic heterocycles. The number of ether oxygens (including phenoxy) is 1. The van der Waals surface area contributed by atoms with E-state index in [-0.39, 0.29) is 11.8 Å². The number of aromatic nitrogens is 4. The van der Waals surface area contributed by atoms with E-state index in [0.717, 1.165) is 12.8 Å². The van der Waals surface area contributed by atoms with Crippen LogP contribution in [0.2, 0.25) is 0 Å². The number of fused-ring (bicyclic) bond motifs is 1. The van der Waals surface area contributed by atoms with Crippen molar-refractivity contribution in [1.29, 1.82) is 0 Å². The highest BCUT2D eigenvalue weighted by Crippen LogP contribution is 2.32. The summed E-state index contributed by atoms with van der Waals surface area (Å²) in [5, 5.41) is 37.3. The molecule has 1 aliphatic rings. The van der Waals surface area contributed by atoms with E-state index in [1.807, 2.05) is 0 Å². The fraction of sp³-hybridized carbons (Fsp3) is 0.643. The predicted molar refractivity (Wildman–Crippen MR) is 87.0 cm³/mol. The molecule has 11 heteroatoms. The Bertz CT molecular complexity index is 765. The topological polar surface area (TPSA) is 164 Å². The molecule has 1 fully saturated rings. The lowest BCUT2D eigenvalue weighted by molar-refractivity contribution is -0.0511. The van der Waals surface area contributed by atoms with Gasteiger partial charge in [0.05, 0.1) is 19.5 Å². The zero-order chi connectivity index (χ0) is 18.0. The third-order valence-corrected chi connectivity index (χ3v) is 4.00. The molecular formula is C14H21N7O4. The number of aliphatic hydroxyl groups is 3. The molecule has 3 rings (SSSR count). The van der Waals surface area contributed by atoms with Gasteiger partial charge in [0.2, 0.25) is 0 Å². The fourth-order valence-electron chi connectivity index (χ4n) is 2.61. The third-order valence-electron chi connectivity index (χ3n) is 4.00. The Labute approximate surface area is 143 Å². The summed E-state index contributed by atoms with van der Waals surface area (Å²) >= 11 is 0. The first-order chi connectivity index (χ1) is 12.1. The lowest BCUT2D eigenvalue weighted by Gasteiger charge is -2.16. The standard InChI is InChI=1S/C14H21N7O4/c1-2-3-4-17-20-14-18-11(15)8-12(19-14)21(6-16-8)13-10(24)9(23)7(5-22)25-13/h6-7,9-10,13,22-24H,2-5H2,1H3,(H2,15,18,19)/t7-,9-,10-,13?/m1/s1. The summed E-state index contributed by atoms with van der Waals surface area (Å²) < 4.78 is 6.93. The number of imidazole rings is 1. The van der Waals surface area contributed by atoms with Crippen molar-refractivity contribution in [1.82, 2.24) is 19.5 Å². The smallest absolute Gasteiger partial charge is 0.272 e. The third kappa shape index (κ3) is 3.31. The average molecular weight is 351 g/mol. The number of unbranched alkanes of at least 4 members (excludes halogenated alkanes) is 1. The van der Waals surface area contributed by atoms with E-state index in [9.17, 15) is 15.3 Å². The van der Waals surface area contributed by atoms with Crippen molar-refractivity contribution in [3.63, 3.8) is 0 Å². The van der Waals surface area contributed by atoms with Gasteiger partial charge in [0.15, 0.2) is 17.7 Å². The van der Waals surface area contributed by atoms with Gasteiger partial charge in [-0.05, 0) is 6.42 Å². The molecule has 2 aromatic rings. The van der Waals surface area contributed by atoms with Crippen LogP contribution in [0.1, 0.15) is 26.0 Å². The summed E-state index contributed by atoms with van der Waals surface area (Å²) in [6, 6.07) is 0. The second kappa shape index (κ2) is 7.35. The van der Waals surface area contributed by atoms with Crippen LogP contribution < -0.4 is 5.73 Å². The zero-order valence-corrected chi connectivity index (χ0v) is 13.7. The van der Waals surface area contributed by atoms with Gasteiger partial charge < -0.3 is 25.8 Å². The Morgan fingerprint density at radius 2 is 2.12 bits per heavy atom. The van der Waals surface area contributed by atoms with Gasteiger partial charge >= 0.3 is 0 Å². The van der Waals surface area contributed by atoms with Crippen LogP contribution >= 0.6 is 0 Å². The summed E-state index contributed by atoms with van der Waals surface area (Å²) in [7, 11) is 0. The molecule has 1 saturated heterocycles. The summed E-state index contributed by atoms with van der Waals surface area (Å²) in [6.07, 6.45) is -1.05. The minimum atomic E-state index is -1.25. The molecule has 0 aromatic carbocycles. The van der Waals surface area contributed by atoms with Gasteiger partial charge in [-0.1, -0.05) is 13.3 Å². The maximum Gasteiger partial charge on any atom is 0.272 e. The van der Waals surface area contributed by atoms with Gasteiger partial charge in [0.25, 0.3) is 5.95 Å². The lowest BCUT2D eigenvalue weighted by atomic mass is 10.1. The number of nitrogen functional groups attached to an aromatic ring is 1. The van der Waals surface area contributed by atoms with Gasteiger partial charge in [-0.25, -0.2) is 4.98 Å². The second-order valence-electron chi connectivity index (χ2n) is 5.78. The SMILES string of the molecule is CCCCN=Nc1nc(N)c2ncn(C3O[C@H](CO)[C@@H](O)[C@H]3O)c2n1. The number of hydrogen-bond acceptors (Lipinski definition) is 10. The van der Waals surface area contributed by atoms with Crippen LogP contribution in [0.5, 0.6) is 0 Å². The summed E-state index contributed by atoms with van der Waals surface area (Å²) in [5.74, 6) is 0.203. The van der Waals surface area contributed by atoms with Crippen LogP contribution in [-0.2, 0) is 4.74 Å². The minimum absolute atomic E-state index is 0.0783. The van der Waals surface area contributed by atoms with Gasteiger partial charge in [0, 0.05) is 0 Å². The molecule has 0 radical (unpaired) electrons. The van der Waals surface area contributed by atoms with Crippen molar-refractivity contribution in [3.05, 3.63) is 6.33 Å². The van der Waals surface area contributed by atoms with E-state index in [2.05, 4.69) is 32.1 Å². The van der Waals surface area contributed by atoms with Crippen LogP contribution in [0.15, 0.2) is 16.6 Å². The molecule has 5 N–H and O–H groups in total. The Morgan fingerprint density at radius 3 is 2.80 bits per heavy atom. The molecule has 25 heavy (non-hydrogen) atoms. The van der Waals surface area contributed by atoms with Crippen molar-refractivity contribution in [2.24, 2.45) is 10.2 Å². The number of rotatable bonds is 6. The number of azo groups is 1. The van der Waals surface area contributed by atoms with Crippen LogP contribution in [0.25, 0.3) is 11.2 Å². The minimum Gasteiger partial charge on any atom is -0.394 e. The van der Waals surface area contributed by atoms with Crippen LogP contribution in [0, 0.1) is 0 Å². The van der Waals surface area contributed by atoms with Gasteiger partial charge in [0.1, 0.15) is 23.8 Å². The Hall–Kier alpha value is -2.21. The Morgan fingerprint density at radius 1 is 1.32 bits per heavy atom. The van der Waals surface area contributed by atoms with Gasteiger partial charge in [-0.2, -0.15) is 15.1 Å². The first-order valence-corrected chi connectivity index (χ1v) is 8.06. The molecule has 3 heterocycles. The maximum atomic E-state index is 10.2. The van der Waals surface area contributed by atoms with Crippen molar-refractivity contribution < 1.29 is 20.1 Å². The van der Waals surface area contributed by atoms with Crippen molar-refractivity contribution in [2.45, 2.75) is 44.3 Å². The first-order valence-electron chi connectivity index (χ1n) is 8.06. The van der Waals surface area contributed by atoms with Crippen molar-refractivity contribution in [2.75, 3.05) is 18.9 Å². The van der Waals surface area contributed by atoms with Crippen LogP contribution in [0.4, 0.5) is 11.8 Å². The molecule has 0 spiro atoms. The highest BCUT2D eigenvalue weighted by molar-refractivity contribution is 5.82. The normalized spacial score (nSPS) is 26.9. The summed E-state index contributed by atoms with van der Waals surface area (Å²) in [6.45, 7) is 2.19. The van der Waals surface area contributed by atoms with E-state index in [0.29, 0.717) is 17.7 Å². The maximum absolute atomic E-state index is 10.2. The van der Waals surface area contributed by atoms with E-state index in [1.54, 1.807) is 0 Å². The second-order valence-corrected chi connectivity index (χ2v) is 5.78. The number of nitrogens with zero attached hydrogens (tertiary/aromatic N) is 6. The van der Waals surface area contributed by atoms with Crippen molar-refractivity contribution >= 4 is 22.9 Å². The highest BCUT2D eigenvalue weighted by Gasteiger charge is 2.44. The fourth-order valence-corrected chi connectivity index (χ4v) is 2.61. The number of nitrogens with two attached hydrogens (primary N) is 1. The monoisotopic (exact) mass is 351 g/mol. The summed E-state index contributed by atoms with van der Waals surface area (Å²) in [4.78, 5) is 12.4. The van der Waals surface area contributed by atoms with Gasteiger partial charge in [-0.3, -0.25) is 4.57 Å². The van der Waals surface area contributed by atoms with Crippen LogP contribution in [0.3, 0.4) is 0 Å². The molecule has 0 amide bonds. The molecule has 4 atom stereocenters. The van der Waals surface area contributed by atoms with Crippen LogP contribution in [-0.4, -0.2) is 66.3 Å².